The average Bonchev–Trinajstić information content (AvgIpc) is 2.87. The number of alkyl halides is 6. The number of aromatic amines is 1. The van der Waals surface area contributed by atoms with Crippen molar-refractivity contribution in [2.24, 2.45) is 0 Å². The van der Waals surface area contributed by atoms with Crippen LogP contribution < -0.4 is 15.4 Å². The van der Waals surface area contributed by atoms with Crippen LogP contribution in [0.25, 0.3) is 0 Å². The van der Waals surface area contributed by atoms with Gasteiger partial charge in [-0.05, 0) is 18.2 Å². The molecule has 1 aliphatic rings. The third-order valence-electron chi connectivity index (χ3n) is 5.73. The van der Waals surface area contributed by atoms with E-state index >= 15 is 0 Å². The molecule has 9 nitrogen and oxygen atoms in total. The molecule has 0 bridgehead atoms. The van der Waals surface area contributed by atoms with E-state index in [1.165, 1.54) is 18.0 Å². The number of piperazine rings is 1. The summed E-state index contributed by atoms with van der Waals surface area (Å²) in [7, 11) is 1.44. The smallest absolute Gasteiger partial charge is 0.337 e. The molecule has 3 heterocycles. The lowest BCUT2D eigenvalue weighted by molar-refractivity contribution is -0.139. The maximum Gasteiger partial charge on any atom is 0.421 e. The van der Waals surface area contributed by atoms with E-state index in [2.05, 4.69) is 15.1 Å². The van der Waals surface area contributed by atoms with E-state index in [0.29, 0.717) is 24.1 Å². The monoisotopic (exact) mass is 527 g/mol. The number of hydrogen-bond acceptors (Lipinski definition) is 7. The van der Waals surface area contributed by atoms with Gasteiger partial charge >= 0.3 is 12.4 Å². The van der Waals surface area contributed by atoms with Gasteiger partial charge in [0.15, 0.2) is 5.82 Å². The first-order valence-electron chi connectivity index (χ1n) is 10.8. The SMILES string of the molecule is CN(c1cccc(C(=O)N2CCN(c3ncc(C(F)(F)F)cn3)CC2)c1)c1cc(C(F)(F)F)c(=O)[nH]n1. The summed E-state index contributed by atoms with van der Waals surface area (Å²) in [5, 5.41) is 5.49. The molecule has 0 aliphatic carbocycles. The van der Waals surface area contributed by atoms with E-state index in [1.54, 1.807) is 28.0 Å². The molecule has 1 aromatic carbocycles. The van der Waals surface area contributed by atoms with Gasteiger partial charge in [0, 0.05) is 62.9 Å². The van der Waals surface area contributed by atoms with E-state index in [-0.39, 0.29) is 49.4 Å². The maximum absolute atomic E-state index is 13.1. The number of H-pyrrole nitrogens is 1. The Morgan fingerprint density at radius 3 is 2.22 bits per heavy atom. The van der Waals surface area contributed by atoms with Crippen LogP contribution in [-0.4, -0.2) is 64.2 Å². The fourth-order valence-electron chi connectivity index (χ4n) is 3.68. The van der Waals surface area contributed by atoms with Gasteiger partial charge in [0.2, 0.25) is 5.95 Å². The normalized spacial score (nSPS) is 14.6. The van der Waals surface area contributed by atoms with Crippen molar-refractivity contribution in [1.29, 1.82) is 0 Å². The third-order valence-corrected chi connectivity index (χ3v) is 5.73. The number of aromatic nitrogens is 4. The molecule has 3 aromatic rings. The van der Waals surface area contributed by atoms with E-state index in [1.807, 2.05) is 5.10 Å². The zero-order valence-corrected chi connectivity index (χ0v) is 19.1. The lowest BCUT2D eigenvalue weighted by Crippen LogP contribution is -2.49. The number of benzene rings is 1. The van der Waals surface area contributed by atoms with Gasteiger partial charge < -0.3 is 14.7 Å². The molecule has 1 N–H and O–H groups in total. The van der Waals surface area contributed by atoms with Gasteiger partial charge in [0.1, 0.15) is 5.56 Å². The summed E-state index contributed by atoms with van der Waals surface area (Å²) in [6, 6.07) is 6.77. The van der Waals surface area contributed by atoms with Crippen LogP contribution >= 0.6 is 0 Å². The summed E-state index contributed by atoms with van der Waals surface area (Å²) >= 11 is 0. The molecule has 37 heavy (non-hydrogen) atoms. The maximum atomic E-state index is 13.1. The zero-order chi connectivity index (χ0) is 27.0. The van der Waals surface area contributed by atoms with E-state index in [4.69, 9.17) is 0 Å². The third kappa shape index (κ3) is 5.65. The Labute approximate surface area is 205 Å². The molecule has 0 saturated carbocycles. The van der Waals surface area contributed by atoms with Gasteiger partial charge in [0.25, 0.3) is 11.5 Å². The Kier molecular flexibility index (Phi) is 6.80. The fraction of sp³-hybridized carbons (Fsp3) is 0.318. The lowest BCUT2D eigenvalue weighted by atomic mass is 10.1. The highest BCUT2D eigenvalue weighted by Gasteiger charge is 2.35. The molecule has 0 atom stereocenters. The second kappa shape index (κ2) is 9.71. The predicted molar refractivity (Wildman–Crippen MR) is 120 cm³/mol. The van der Waals surface area contributed by atoms with Crippen molar-refractivity contribution >= 4 is 23.4 Å². The number of hydrogen-bond donors (Lipinski definition) is 1. The summed E-state index contributed by atoms with van der Waals surface area (Å²) in [5.74, 6) is -0.398. The Morgan fingerprint density at radius 2 is 1.62 bits per heavy atom. The number of nitrogens with one attached hydrogen (secondary N) is 1. The number of anilines is 3. The van der Waals surface area contributed by atoms with E-state index in [0.717, 1.165) is 0 Å². The standard InChI is InChI=1S/C22H19F6N7O2/c1-33(17-10-16(22(26,27)28)18(36)32-31-17)15-4-2-3-13(9-15)19(37)34-5-7-35(8-6-34)20-29-11-14(12-30-20)21(23,24)25/h2-4,9-12H,5-8H2,1H3,(H,32,36). The van der Waals surface area contributed by atoms with Crippen LogP contribution in [0.4, 0.5) is 43.8 Å². The number of nitrogens with zero attached hydrogens (tertiary/aromatic N) is 6. The summed E-state index contributed by atoms with van der Waals surface area (Å²) in [6.45, 7) is 1.08. The van der Waals surface area contributed by atoms with Crippen molar-refractivity contribution in [1.82, 2.24) is 25.1 Å². The number of rotatable bonds is 4. The van der Waals surface area contributed by atoms with Crippen LogP contribution in [0.3, 0.4) is 0 Å². The van der Waals surface area contributed by atoms with Crippen molar-refractivity contribution in [3.63, 3.8) is 0 Å². The van der Waals surface area contributed by atoms with Gasteiger partial charge in [-0.3, -0.25) is 9.59 Å². The largest absolute Gasteiger partial charge is 0.421 e. The fourth-order valence-corrected chi connectivity index (χ4v) is 3.68. The highest BCUT2D eigenvalue weighted by atomic mass is 19.4. The van der Waals surface area contributed by atoms with Gasteiger partial charge in [-0.15, -0.1) is 0 Å². The molecule has 1 aliphatic heterocycles. The molecule has 0 radical (unpaired) electrons. The average molecular weight is 527 g/mol. The Bertz CT molecular complexity index is 1330. The Morgan fingerprint density at radius 1 is 0.973 bits per heavy atom. The zero-order valence-electron chi connectivity index (χ0n) is 19.1. The summed E-state index contributed by atoms with van der Waals surface area (Å²) in [5.41, 5.74) is -3.10. The lowest BCUT2D eigenvalue weighted by Gasteiger charge is -2.35. The topological polar surface area (TPSA) is 98.3 Å². The molecular formula is C22H19F6N7O2. The Hall–Kier alpha value is -4.17. The number of carbonyl (C=O) groups excluding carboxylic acids is 1. The van der Waals surface area contributed by atoms with Crippen molar-refractivity contribution in [2.75, 3.05) is 43.0 Å². The van der Waals surface area contributed by atoms with Crippen LogP contribution in [-0.2, 0) is 12.4 Å². The molecule has 4 rings (SSSR count). The first-order chi connectivity index (χ1) is 17.3. The number of amides is 1. The van der Waals surface area contributed by atoms with Crippen LogP contribution in [0.2, 0.25) is 0 Å². The molecule has 196 valence electrons. The molecular weight excluding hydrogens is 508 g/mol. The first-order valence-corrected chi connectivity index (χ1v) is 10.8. The molecule has 1 fully saturated rings. The summed E-state index contributed by atoms with van der Waals surface area (Å²) in [6.07, 6.45) is -7.99. The minimum Gasteiger partial charge on any atom is -0.337 e. The van der Waals surface area contributed by atoms with Crippen LogP contribution in [0, 0.1) is 0 Å². The highest BCUT2D eigenvalue weighted by Crippen LogP contribution is 2.30. The minimum absolute atomic E-state index is 0.121. The minimum atomic E-state index is -4.86. The molecule has 1 amide bonds. The van der Waals surface area contributed by atoms with Gasteiger partial charge in [-0.2, -0.15) is 31.4 Å². The van der Waals surface area contributed by atoms with Gasteiger partial charge in [-0.1, -0.05) is 6.07 Å². The first kappa shape index (κ1) is 25.9. The quantitative estimate of drug-likeness (QED) is 0.520. The second-order valence-corrected chi connectivity index (χ2v) is 8.12. The summed E-state index contributed by atoms with van der Waals surface area (Å²) in [4.78, 5) is 36.6. The number of carbonyl (C=O) groups is 1. The molecule has 1 saturated heterocycles. The molecule has 2 aromatic heterocycles. The van der Waals surface area contributed by atoms with Crippen molar-refractivity contribution < 1.29 is 31.1 Å². The predicted octanol–water partition coefficient (Wildman–Crippen LogP) is 3.33. The van der Waals surface area contributed by atoms with Crippen molar-refractivity contribution in [3.05, 3.63) is 69.8 Å². The van der Waals surface area contributed by atoms with Gasteiger partial charge in [-0.25, -0.2) is 15.1 Å². The molecule has 0 unspecified atom stereocenters. The van der Waals surface area contributed by atoms with Crippen LogP contribution in [0.15, 0.2) is 47.5 Å². The summed E-state index contributed by atoms with van der Waals surface area (Å²) < 4.78 is 77.4. The molecule has 15 heteroatoms. The van der Waals surface area contributed by atoms with Crippen LogP contribution in [0.1, 0.15) is 21.5 Å². The van der Waals surface area contributed by atoms with E-state index < -0.39 is 29.0 Å². The van der Waals surface area contributed by atoms with Gasteiger partial charge in [0.05, 0.1) is 5.56 Å². The highest BCUT2D eigenvalue weighted by molar-refractivity contribution is 5.95. The van der Waals surface area contributed by atoms with Crippen molar-refractivity contribution in [2.45, 2.75) is 12.4 Å². The molecule has 0 spiro atoms. The Balaban J connectivity index is 1.45. The van der Waals surface area contributed by atoms with Crippen LogP contribution in [0.5, 0.6) is 0 Å². The second-order valence-electron chi connectivity index (χ2n) is 8.12. The van der Waals surface area contributed by atoms with E-state index in [9.17, 15) is 35.9 Å². The number of halogens is 6. The van der Waals surface area contributed by atoms with Crippen molar-refractivity contribution in [3.8, 4) is 0 Å².